The topological polar surface area (TPSA) is 82.3 Å². The number of nitrogens with zero attached hydrogens (tertiary/aromatic N) is 7. The third kappa shape index (κ3) is 6.20. The first-order valence-electron chi connectivity index (χ1n) is 20.5. The highest BCUT2D eigenvalue weighted by Gasteiger charge is 2.21. The van der Waals surface area contributed by atoms with Crippen LogP contribution in [0.2, 0.25) is 0 Å². The van der Waals surface area contributed by atoms with Crippen LogP contribution in [-0.4, -0.2) is 34.5 Å². The maximum atomic E-state index is 5.29. The van der Waals surface area contributed by atoms with Crippen LogP contribution in [0.1, 0.15) is 0 Å². The molecule has 7 nitrogen and oxygen atoms in total. The van der Waals surface area contributed by atoms with E-state index in [1.807, 2.05) is 91.0 Å². The van der Waals surface area contributed by atoms with Crippen molar-refractivity contribution >= 4 is 53.3 Å². The summed E-state index contributed by atoms with van der Waals surface area (Å²) in [4.78, 5) is 30.5. The van der Waals surface area contributed by atoms with E-state index in [0.29, 0.717) is 35.1 Å². The van der Waals surface area contributed by atoms with Crippen molar-refractivity contribution in [2.45, 2.75) is 0 Å². The molecule has 0 N–H and O–H groups in total. The lowest BCUT2D eigenvalue weighted by Crippen LogP contribution is -2.06. The highest BCUT2D eigenvalue weighted by molar-refractivity contribution is 7.25. The molecule has 0 saturated carbocycles. The second-order valence-electron chi connectivity index (χ2n) is 15.1. The van der Waals surface area contributed by atoms with Gasteiger partial charge in [0.05, 0.1) is 11.0 Å². The first-order chi connectivity index (χ1) is 30.7. The Morgan fingerprint density at radius 2 is 0.790 bits per heavy atom. The van der Waals surface area contributed by atoms with Crippen LogP contribution < -0.4 is 0 Å². The lowest BCUT2D eigenvalue weighted by atomic mass is 9.99. The van der Waals surface area contributed by atoms with Crippen molar-refractivity contribution in [2.75, 3.05) is 0 Å². The molecule has 0 amide bonds. The maximum absolute atomic E-state index is 5.29. The Labute approximate surface area is 360 Å². The van der Waals surface area contributed by atoms with Crippen molar-refractivity contribution in [1.82, 2.24) is 34.5 Å². The maximum Gasteiger partial charge on any atom is 0.238 e. The second-order valence-corrected chi connectivity index (χ2v) is 16.2. The van der Waals surface area contributed by atoms with E-state index < -0.39 is 0 Å². The predicted molar refractivity (Wildman–Crippen MR) is 253 cm³/mol. The molecule has 0 aliphatic carbocycles. The van der Waals surface area contributed by atoms with Crippen molar-refractivity contribution in [1.29, 1.82) is 0 Å². The average molecular weight is 812 g/mol. The summed E-state index contributed by atoms with van der Waals surface area (Å²) in [6, 6.07) is 68.8. The second kappa shape index (κ2) is 14.8. The van der Waals surface area contributed by atoms with E-state index in [1.54, 1.807) is 11.3 Å². The van der Waals surface area contributed by atoms with Gasteiger partial charge in [-0.15, -0.1) is 11.3 Å². The van der Waals surface area contributed by atoms with Crippen LogP contribution in [-0.2, 0) is 0 Å². The van der Waals surface area contributed by atoms with Gasteiger partial charge in [-0.05, 0) is 47.5 Å². The van der Waals surface area contributed by atoms with Gasteiger partial charge in [-0.25, -0.2) is 19.9 Å². The van der Waals surface area contributed by atoms with E-state index in [0.717, 1.165) is 76.2 Å². The molecular weight excluding hydrogens is 779 g/mol. The number of aromatic nitrogens is 7. The van der Waals surface area contributed by atoms with Gasteiger partial charge >= 0.3 is 0 Å². The summed E-state index contributed by atoms with van der Waals surface area (Å²) in [7, 11) is 0. The minimum absolute atomic E-state index is 0.562. The van der Waals surface area contributed by atoms with Gasteiger partial charge in [-0.1, -0.05) is 164 Å². The minimum atomic E-state index is 0.562. The van der Waals surface area contributed by atoms with Crippen molar-refractivity contribution < 1.29 is 0 Å². The number of benzene rings is 8. The molecule has 4 aromatic heterocycles. The Balaban J connectivity index is 1.01. The SMILES string of the molecule is c1ccc(-c2nc(-c3ccccc3)nc(-c3ccc4c(c3)sc3ccc(-c5nc(-c6ccccc6)nc(-n6c7ccccc7c7c(-c8ccccc8)cccc76)n5)cc34)n2)cc1. The van der Waals surface area contributed by atoms with Crippen LogP contribution in [0, 0.1) is 0 Å². The smallest absolute Gasteiger partial charge is 0.238 e. The van der Waals surface area contributed by atoms with Gasteiger partial charge in [-0.2, -0.15) is 9.97 Å². The average Bonchev–Trinajstić information content (AvgIpc) is 3.90. The minimum Gasteiger partial charge on any atom is -0.278 e. The summed E-state index contributed by atoms with van der Waals surface area (Å²) in [6.45, 7) is 0. The van der Waals surface area contributed by atoms with Crippen LogP contribution >= 0.6 is 11.3 Å². The molecule has 0 fully saturated rings. The number of hydrogen-bond donors (Lipinski definition) is 0. The van der Waals surface area contributed by atoms with Gasteiger partial charge in [0.25, 0.3) is 0 Å². The number of rotatable bonds is 7. The molecule has 8 heteroatoms. The Morgan fingerprint density at radius 1 is 0.306 bits per heavy atom. The van der Waals surface area contributed by atoms with Gasteiger partial charge in [0.2, 0.25) is 5.95 Å². The first kappa shape index (κ1) is 35.7. The van der Waals surface area contributed by atoms with Crippen LogP contribution in [0.3, 0.4) is 0 Å². The van der Waals surface area contributed by atoms with Crippen LogP contribution in [0.25, 0.3) is 116 Å². The molecule has 0 aliphatic heterocycles. The molecule has 0 spiro atoms. The number of hydrogen-bond acceptors (Lipinski definition) is 7. The highest BCUT2D eigenvalue weighted by Crippen LogP contribution is 2.40. The monoisotopic (exact) mass is 811 g/mol. The normalized spacial score (nSPS) is 11.5. The molecule has 12 rings (SSSR count). The molecule has 0 radical (unpaired) electrons. The highest BCUT2D eigenvalue weighted by atomic mass is 32.1. The summed E-state index contributed by atoms with van der Waals surface area (Å²) in [5.74, 6) is 3.68. The molecule has 62 heavy (non-hydrogen) atoms. The Kier molecular flexibility index (Phi) is 8.53. The van der Waals surface area contributed by atoms with E-state index in [4.69, 9.17) is 29.9 Å². The van der Waals surface area contributed by atoms with Gasteiger partial charge in [0.15, 0.2) is 29.1 Å². The Bertz CT molecular complexity index is 3570. The Morgan fingerprint density at radius 3 is 1.42 bits per heavy atom. The van der Waals surface area contributed by atoms with Crippen LogP contribution in [0.5, 0.6) is 0 Å². The quantitative estimate of drug-likeness (QED) is 0.159. The summed E-state index contributed by atoms with van der Waals surface area (Å²) >= 11 is 1.75. The number of thiophene rings is 1. The van der Waals surface area contributed by atoms with Gasteiger partial charge in [0.1, 0.15) is 0 Å². The fraction of sp³-hybridized carbons (Fsp3) is 0. The van der Waals surface area contributed by atoms with Gasteiger partial charge in [-0.3, -0.25) is 4.57 Å². The zero-order chi connectivity index (χ0) is 41.0. The molecule has 0 atom stereocenters. The molecule has 12 aromatic rings. The van der Waals surface area contributed by atoms with E-state index in [2.05, 4.69) is 114 Å². The lowest BCUT2D eigenvalue weighted by Gasteiger charge is -2.11. The van der Waals surface area contributed by atoms with Crippen molar-refractivity contribution in [2.24, 2.45) is 0 Å². The van der Waals surface area contributed by atoms with E-state index in [9.17, 15) is 0 Å². The first-order valence-corrected chi connectivity index (χ1v) is 21.3. The number of para-hydroxylation sites is 1. The Hall–Kier alpha value is -8.20. The molecule has 0 unspecified atom stereocenters. The van der Waals surface area contributed by atoms with Crippen molar-refractivity contribution in [3.63, 3.8) is 0 Å². The predicted octanol–water partition coefficient (Wildman–Crippen LogP) is 13.5. The standard InChI is InChI=1S/C54H33N7S/c1-5-16-34(17-6-1)40-25-15-27-45-48(40)42-24-13-14-26-44(42)61(45)54-59-51(37-22-11-4-12-23-37)58-53(60-54)38-29-31-46-43(32-38)41-30-28-39(33-47(41)62-46)52-56-49(35-18-7-2-8-19-35)55-50(57-52)36-20-9-3-10-21-36/h1-33H. The zero-order valence-electron chi connectivity index (χ0n) is 33.1. The lowest BCUT2D eigenvalue weighted by molar-refractivity contribution is 0.954. The van der Waals surface area contributed by atoms with E-state index in [1.165, 1.54) is 4.70 Å². The molecule has 0 bridgehead atoms. The van der Waals surface area contributed by atoms with E-state index >= 15 is 0 Å². The molecule has 0 aliphatic rings. The fourth-order valence-corrected chi connectivity index (χ4v) is 9.52. The molecular formula is C54H33N7S. The molecule has 290 valence electrons. The fourth-order valence-electron chi connectivity index (χ4n) is 8.40. The third-order valence-electron chi connectivity index (χ3n) is 11.3. The van der Waals surface area contributed by atoms with Gasteiger partial charge in [0, 0.05) is 58.8 Å². The summed E-state index contributed by atoms with van der Waals surface area (Å²) in [5, 5.41) is 4.57. The van der Waals surface area contributed by atoms with Crippen LogP contribution in [0.4, 0.5) is 0 Å². The third-order valence-corrected chi connectivity index (χ3v) is 12.5. The van der Waals surface area contributed by atoms with Gasteiger partial charge < -0.3 is 0 Å². The summed E-state index contributed by atoms with van der Waals surface area (Å²) in [6.07, 6.45) is 0. The number of fused-ring (bicyclic) bond motifs is 6. The molecule has 0 saturated heterocycles. The summed E-state index contributed by atoms with van der Waals surface area (Å²) < 4.78 is 4.49. The van der Waals surface area contributed by atoms with Crippen molar-refractivity contribution in [3.05, 3.63) is 200 Å². The summed E-state index contributed by atoms with van der Waals surface area (Å²) in [5.41, 5.74) is 9.02. The molecule has 4 heterocycles. The molecule has 8 aromatic carbocycles. The van der Waals surface area contributed by atoms with Crippen molar-refractivity contribution in [3.8, 4) is 74.0 Å². The zero-order valence-corrected chi connectivity index (χ0v) is 33.9. The van der Waals surface area contributed by atoms with E-state index in [-0.39, 0.29) is 0 Å². The van der Waals surface area contributed by atoms with Crippen LogP contribution in [0.15, 0.2) is 200 Å². The largest absolute Gasteiger partial charge is 0.278 e.